The van der Waals surface area contributed by atoms with Crippen molar-refractivity contribution in [1.29, 1.82) is 0 Å². The number of carbonyl (C=O) groups is 1. The number of nitrogens with one attached hydrogen (secondary N) is 2. The first-order valence-electron chi connectivity index (χ1n) is 8.15. The number of hydrogen-bond donors (Lipinski definition) is 2. The molecule has 0 aromatic heterocycles. The maximum absolute atomic E-state index is 11.7. The predicted octanol–water partition coefficient (Wildman–Crippen LogP) is 1.87. The van der Waals surface area contributed by atoms with Crippen LogP contribution in [0.25, 0.3) is 0 Å². The van der Waals surface area contributed by atoms with Crippen LogP contribution in [0.4, 0.5) is 4.79 Å². The van der Waals surface area contributed by atoms with E-state index in [-0.39, 0.29) is 6.03 Å². The van der Waals surface area contributed by atoms with Gasteiger partial charge in [-0.15, -0.1) is 0 Å². The Balaban J connectivity index is 1.49. The maximum atomic E-state index is 11.7. The van der Waals surface area contributed by atoms with Gasteiger partial charge in [-0.1, -0.05) is 24.3 Å². The highest BCUT2D eigenvalue weighted by molar-refractivity contribution is 5.74. The average Bonchev–Trinajstić information content (AvgIpc) is 3.30. The normalized spacial score (nSPS) is 22.3. The zero-order valence-corrected chi connectivity index (χ0v) is 13.2. The van der Waals surface area contributed by atoms with Crippen molar-refractivity contribution in [3.8, 4) is 0 Å². The van der Waals surface area contributed by atoms with Crippen LogP contribution in [-0.2, 0) is 17.8 Å². The highest BCUT2D eigenvalue weighted by atomic mass is 16.5. The fraction of sp³-hybridized carbons (Fsp3) is 0.588. The minimum Gasteiger partial charge on any atom is -0.376 e. The molecule has 0 unspecified atom stereocenters. The SMILES string of the molecule is C[C@@H]1CN(Cc2cccc(CNC(=O)NC3CC3)c2)CCO1. The summed E-state index contributed by atoms with van der Waals surface area (Å²) in [6, 6.07) is 8.79. The molecule has 5 nitrogen and oxygen atoms in total. The smallest absolute Gasteiger partial charge is 0.315 e. The molecule has 1 saturated carbocycles. The van der Waals surface area contributed by atoms with Crippen molar-refractivity contribution in [1.82, 2.24) is 15.5 Å². The molecule has 2 aliphatic rings. The quantitative estimate of drug-likeness (QED) is 0.873. The number of ether oxygens (including phenoxy) is 1. The number of carbonyl (C=O) groups excluding carboxylic acids is 1. The largest absolute Gasteiger partial charge is 0.376 e. The number of benzene rings is 1. The van der Waals surface area contributed by atoms with E-state index in [0.29, 0.717) is 18.7 Å². The van der Waals surface area contributed by atoms with E-state index in [1.54, 1.807) is 0 Å². The molecule has 0 bridgehead atoms. The van der Waals surface area contributed by atoms with Gasteiger partial charge in [0.25, 0.3) is 0 Å². The molecule has 5 heteroatoms. The van der Waals surface area contributed by atoms with Crippen molar-refractivity contribution in [2.75, 3.05) is 19.7 Å². The molecule has 3 rings (SSSR count). The molecule has 0 radical (unpaired) electrons. The van der Waals surface area contributed by atoms with Gasteiger partial charge in [0, 0.05) is 32.2 Å². The van der Waals surface area contributed by atoms with Gasteiger partial charge in [-0.25, -0.2) is 4.79 Å². The van der Waals surface area contributed by atoms with Crippen LogP contribution in [0.2, 0.25) is 0 Å². The Morgan fingerprint density at radius 1 is 1.36 bits per heavy atom. The number of urea groups is 1. The standard InChI is InChI=1S/C17H25N3O2/c1-13-11-20(7-8-22-13)12-15-4-2-3-14(9-15)10-18-17(21)19-16-5-6-16/h2-4,9,13,16H,5-8,10-12H2,1H3,(H2,18,19,21)/t13-/m1/s1. The lowest BCUT2D eigenvalue weighted by Gasteiger charge is -2.31. The summed E-state index contributed by atoms with van der Waals surface area (Å²) in [5.41, 5.74) is 2.43. The first-order chi connectivity index (χ1) is 10.7. The van der Waals surface area contributed by atoms with Crippen molar-refractivity contribution in [2.45, 2.75) is 45.0 Å². The van der Waals surface area contributed by atoms with E-state index in [9.17, 15) is 4.79 Å². The fourth-order valence-electron chi connectivity index (χ4n) is 2.78. The molecule has 2 amide bonds. The Hall–Kier alpha value is -1.59. The van der Waals surface area contributed by atoms with Crippen LogP contribution >= 0.6 is 0 Å². The number of hydrogen-bond acceptors (Lipinski definition) is 3. The lowest BCUT2D eigenvalue weighted by Crippen LogP contribution is -2.40. The summed E-state index contributed by atoms with van der Waals surface area (Å²) >= 11 is 0. The van der Waals surface area contributed by atoms with Gasteiger partial charge in [0.15, 0.2) is 0 Å². The van der Waals surface area contributed by atoms with E-state index in [2.05, 4.69) is 46.7 Å². The van der Waals surface area contributed by atoms with Crippen LogP contribution < -0.4 is 10.6 Å². The van der Waals surface area contributed by atoms with Gasteiger partial charge in [-0.3, -0.25) is 4.90 Å². The number of rotatable bonds is 5. The summed E-state index contributed by atoms with van der Waals surface area (Å²) in [5, 5.41) is 5.86. The van der Waals surface area contributed by atoms with Gasteiger partial charge >= 0.3 is 6.03 Å². The second-order valence-electron chi connectivity index (χ2n) is 6.34. The van der Waals surface area contributed by atoms with Crippen molar-refractivity contribution in [2.24, 2.45) is 0 Å². The minimum atomic E-state index is -0.0603. The molecule has 1 aliphatic carbocycles. The summed E-state index contributed by atoms with van der Waals surface area (Å²) in [6.45, 7) is 6.40. The second-order valence-corrected chi connectivity index (χ2v) is 6.34. The van der Waals surface area contributed by atoms with E-state index >= 15 is 0 Å². The van der Waals surface area contributed by atoms with Gasteiger partial charge in [0.1, 0.15) is 0 Å². The van der Waals surface area contributed by atoms with Crippen molar-refractivity contribution in [3.63, 3.8) is 0 Å². The Bertz CT molecular complexity index is 516. The topological polar surface area (TPSA) is 53.6 Å². The highest BCUT2D eigenvalue weighted by Gasteiger charge is 2.23. The summed E-state index contributed by atoms with van der Waals surface area (Å²) in [7, 11) is 0. The number of amides is 2. The first kappa shape index (κ1) is 15.3. The van der Waals surface area contributed by atoms with Crippen LogP contribution in [0, 0.1) is 0 Å². The van der Waals surface area contributed by atoms with Gasteiger partial charge in [0.2, 0.25) is 0 Å². The molecule has 1 aromatic carbocycles. The molecular formula is C17H25N3O2. The van der Waals surface area contributed by atoms with Crippen molar-refractivity contribution in [3.05, 3.63) is 35.4 Å². The third kappa shape index (κ3) is 4.71. The van der Waals surface area contributed by atoms with E-state index < -0.39 is 0 Å². The fourth-order valence-corrected chi connectivity index (χ4v) is 2.78. The molecule has 1 saturated heterocycles. The molecule has 2 N–H and O–H groups in total. The summed E-state index contributed by atoms with van der Waals surface area (Å²) in [5.74, 6) is 0. The van der Waals surface area contributed by atoms with E-state index in [1.807, 2.05) is 0 Å². The number of morpholine rings is 1. The van der Waals surface area contributed by atoms with Gasteiger partial charge in [-0.2, -0.15) is 0 Å². The van der Waals surface area contributed by atoms with Gasteiger partial charge < -0.3 is 15.4 Å². The van der Waals surface area contributed by atoms with Crippen LogP contribution in [0.5, 0.6) is 0 Å². The Morgan fingerprint density at radius 2 is 2.18 bits per heavy atom. The summed E-state index contributed by atoms with van der Waals surface area (Å²) < 4.78 is 5.57. The van der Waals surface area contributed by atoms with E-state index in [0.717, 1.165) is 44.6 Å². The second kappa shape index (κ2) is 7.11. The molecule has 22 heavy (non-hydrogen) atoms. The van der Waals surface area contributed by atoms with Crippen molar-refractivity contribution < 1.29 is 9.53 Å². The van der Waals surface area contributed by atoms with Crippen LogP contribution in [0.3, 0.4) is 0 Å². The maximum Gasteiger partial charge on any atom is 0.315 e. The zero-order chi connectivity index (χ0) is 15.4. The molecule has 1 atom stereocenters. The molecule has 1 aromatic rings. The molecule has 0 spiro atoms. The van der Waals surface area contributed by atoms with Crippen LogP contribution in [-0.4, -0.2) is 42.8 Å². The molecular weight excluding hydrogens is 278 g/mol. The molecule has 1 heterocycles. The van der Waals surface area contributed by atoms with Gasteiger partial charge in [-0.05, 0) is 30.9 Å². The van der Waals surface area contributed by atoms with Crippen LogP contribution in [0.15, 0.2) is 24.3 Å². The Kier molecular flexibility index (Phi) is 4.95. The molecule has 1 aliphatic heterocycles. The Morgan fingerprint density at radius 3 is 2.95 bits per heavy atom. The molecule has 120 valence electrons. The van der Waals surface area contributed by atoms with E-state index in [1.165, 1.54) is 5.56 Å². The predicted molar refractivity (Wildman–Crippen MR) is 85.5 cm³/mol. The monoisotopic (exact) mass is 303 g/mol. The zero-order valence-electron chi connectivity index (χ0n) is 13.2. The van der Waals surface area contributed by atoms with Gasteiger partial charge in [0.05, 0.1) is 12.7 Å². The first-order valence-corrected chi connectivity index (χ1v) is 8.15. The van der Waals surface area contributed by atoms with Crippen molar-refractivity contribution >= 4 is 6.03 Å². The lowest BCUT2D eigenvalue weighted by molar-refractivity contribution is -0.0212. The number of nitrogens with zero attached hydrogens (tertiary/aromatic N) is 1. The Labute approximate surface area is 132 Å². The summed E-state index contributed by atoms with van der Waals surface area (Å²) in [6.07, 6.45) is 2.53. The third-order valence-corrected chi connectivity index (χ3v) is 4.09. The van der Waals surface area contributed by atoms with Crippen LogP contribution in [0.1, 0.15) is 30.9 Å². The lowest BCUT2D eigenvalue weighted by atomic mass is 10.1. The minimum absolute atomic E-state index is 0.0603. The third-order valence-electron chi connectivity index (χ3n) is 4.09. The average molecular weight is 303 g/mol. The molecule has 2 fully saturated rings. The van der Waals surface area contributed by atoms with E-state index in [4.69, 9.17) is 4.74 Å². The highest BCUT2D eigenvalue weighted by Crippen LogP contribution is 2.18. The summed E-state index contributed by atoms with van der Waals surface area (Å²) in [4.78, 5) is 14.1.